The van der Waals surface area contributed by atoms with Gasteiger partial charge >= 0.3 is 5.97 Å². The molecule has 98 valence electrons. The molecule has 1 aliphatic rings. The van der Waals surface area contributed by atoms with E-state index in [9.17, 15) is 9.90 Å². The molecular formula is C13H16BrNO3. The highest BCUT2D eigenvalue weighted by Gasteiger charge is 2.25. The highest BCUT2D eigenvalue weighted by molar-refractivity contribution is 9.10. The van der Waals surface area contributed by atoms with E-state index in [1.807, 2.05) is 12.1 Å². The van der Waals surface area contributed by atoms with Crippen molar-refractivity contribution in [2.24, 2.45) is 5.92 Å². The number of anilines is 1. The predicted molar refractivity (Wildman–Crippen MR) is 73.3 cm³/mol. The topological polar surface area (TPSA) is 49.8 Å². The van der Waals surface area contributed by atoms with Gasteiger partial charge in [-0.25, -0.2) is 4.79 Å². The molecular weight excluding hydrogens is 298 g/mol. The van der Waals surface area contributed by atoms with Crippen molar-refractivity contribution < 1.29 is 14.6 Å². The third-order valence-corrected chi connectivity index (χ3v) is 3.71. The fourth-order valence-electron chi connectivity index (χ4n) is 2.38. The van der Waals surface area contributed by atoms with E-state index >= 15 is 0 Å². The molecule has 0 amide bonds. The Hall–Kier alpha value is -1.07. The van der Waals surface area contributed by atoms with E-state index in [1.54, 1.807) is 13.2 Å². The molecule has 18 heavy (non-hydrogen) atoms. The van der Waals surface area contributed by atoms with Crippen LogP contribution in [0.15, 0.2) is 22.7 Å². The number of rotatable bonds is 4. The summed E-state index contributed by atoms with van der Waals surface area (Å²) in [4.78, 5) is 13.4. The van der Waals surface area contributed by atoms with Gasteiger partial charge in [-0.3, -0.25) is 0 Å². The zero-order valence-corrected chi connectivity index (χ0v) is 11.8. The Kier molecular flexibility index (Phi) is 4.24. The van der Waals surface area contributed by atoms with Crippen LogP contribution in [0.4, 0.5) is 5.69 Å². The largest absolute Gasteiger partial charge is 0.478 e. The molecule has 0 saturated carbocycles. The molecule has 0 aromatic heterocycles. The van der Waals surface area contributed by atoms with E-state index in [-0.39, 0.29) is 0 Å². The van der Waals surface area contributed by atoms with Gasteiger partial charge in [0.25, 0.3) is 0 Å². The molecule has 1 aromatic carbocycles. The summed E-state index contributed by atoms with van der Waals surface area (Å²) in [5.74, 6) is -0.401. The number of carboxylic acids is 1. The summed E-state index contributed by atoms with van der Waals surface area (Å²) >= 11 is 3.31. The van der Waals surface area contributed by atoms with Crippen LogP contribution in [0, 0.1) is 5.92 Å². The number of aromatic carboxylic acids is 1. The first kappa shape index (κ1) is 13.4. The van der Waals surface area contributed by atoms with Gasteiger partial charge in [0.1, 0.15) is 0 Å². The summed E-state index contributed by atoms with van der Waals surface area (Å²) in [6.45, 7) is 2.47. The van der Waals surface area contributed by atoms with Crippen LogP contribution in [-0.4, -0.2) is 37.9 Å². The number of halogens is 1. The molecule has 1 heterocycles. The maximum Gasteiger partial charge on any atom is 0.337 e. The number of hydrogen-bond donors (Lipinski definition) is 1. The fourth-order valence-corrected chi connectivity index (χ4v) is 2.74. The van der Waals surface area contributed by atoms with Crippen molar-refractivity contribution in [1.29, 1.82) is 0 Å². The Morgan fingerprint density at radius 3 is 3.06 bits per heavy atom. The number of carbonyl (C=O) groups is 1. The monoisotopic (exact) mass is 313 g/mol. The van der Waals surface area contributed by atoms with Crippen LogP contribution in [0.1, 0.15) is 16.8 Å². The zero-order valence-electron chi connectivity index (χ0n) is 10.2. The Balaban J connectivity index is 2.21. The second kappa shape index (κ2) is 5.71. The highest BCUT2D eigenvalue weighted by atomic mass is 79.9. The van der Waals surface area contributed by atoms with Gasteiger partial charge in [-0.15, -0.1) is 0 Å². The maximum absolute atomic E-state index is 11.3. The van der Waals surface area contributed by atoms with Crippen LogP contribution in [0.3, 0.4) is 0 Å². The highest BCUT2D eigenvalue weighted by Crippen LogP contribution is 2.29. The van der Waals surface area contributed by atoms with E-state index in [1.165, 1.54) is 0 Å². The van der Waals surface area contributed by atoms with Gasteiger partial charge in [-0.2, -0.15) is 0 Å². The lowest BCUT2D eigenvalue weighted by Gasteiger charge is -2.21. The Morgan fingerprint density at radius 2 is 2.39 bits per heavy atom. The second-order valence-electron chi connectivity index (χ2n) is 4.52. The van der Waals surface area contributed by atoms with E-state index < -0.39 is 5.97 Å². The van der Waals surface area contributed by atoms with Crippen molar-refractivity contribution in [3.63, 3.8) is 0 Å². The number of ether oxygens (including phenoxy) is 1. The average molecular weight is 314 g/mol. The van der Waals surface area contributed by atoms with Gasteiger partial charge in [0, 0.05) is 30.6 Å². The van der Waals surface area contributed by atoms with Crippen LogP contribution in [0.5, 0.6) is 0 Å². The van der Waals surface area contributed by atoms with E-state index in [0.717, 1.165) is 36.3 Å². The van der Waals surface area contributed by atoms with E-state index in [2.05, 4.69) is 20.8 Å². The molecule has 1 unspecified atom stereocenters. The molecule has 0 radical (unpaired) electrons. The minimum atomic E-state index is -0.888. The van der Waals surface area contributed by atoms with Crippen molar-refractivity contribution in [3.05, 3.63) is 28.2 Å². The van der Waals surface area contributed by atoms with Gasteiger partial charge < -0.3 is 14.7 Å². The van der Waals surface area contributed by atoms with Crippen molar-refractivity contribution in [2.75, 3.05) is 31.7 Å². The minimum Gasteiger partial charge on any atom is -0.478 e. The number of hydrogen-bond acceptors (Lipinski definition) is 3. The van der Waals surface area contributed by atoms with Gasteiger partial charge in [0.2, 0.25) is 0 Å². The number of methoxy groups -OCH3 is 1. The Labute approximate surface area is 115 Å². The van der Waals surface area contributed by atoms with E-state index in [0.29, 0.717) is 11.5 Å². The Bertz CT molecular complexity index is 450. The molecule has 1 saturated heterocycles. The number of nitrogens with zero attached hydrogens (tertiary/aromatic N) is 1. The van der Waals surface area contributed by atoms with Crippen LogP contribution < -0.4 is 4.90 Å². The lowest BCUT2D eigenvalue weighted by Crippen LogP contribution is -2.23. The van der Waals surface area contributed by atoms with Gasteiger partial charge in [0.05, 0.1) is 17.9 Å². The molecule has 1 aliphatic heterocycles. The quantitative estimate of drug-likeness (QED) is 0.928. The molecule has 0 bridgehead atoms. The zero-order chi connectivity index (χ0) is 13.1. The molecule has 4 nitrogen and oxygen atoms in total. The molecule has 0 spiro atoms. The molecule has 0 aliphatic carbocycles. The summed E-state index contributed by atoms with van der Waals surface area (Å²) in [5.41, 5.74) is 1.15. The van der Waals surface area contributed by atoms with Crippen LogP contribution in [-0.2, 0) is 4.74 Å². The van der Waals surface area contributed by atoms with Gasteiger partial charge in [-0.1, -0.05) is 15.9 Å². The second-order valence-corrected chi connectivity index (χ2v) is 5.44. The number of carboxylic acid groups (broad SMARTS) is 1. The van der Waals surface area contributed by atoms with Gasteiger partial charge in [0.15, 0.2) is 0 Å². The Morgan fingerprint density at radius 1 is 1.61 bits per heavy atom. The van der Waals surface area contributed by atoms with Crippen molar-refractivity contribution >= 4 is 27.6 Å². The first-order valence-corrected chi connectivity index (χ1v) is 6.68. The van der Waals surface area contributed by atoms with Crippen LogP contribution >= 0.6 is 15.9 Å². The standard InChI is InChI=1S/C13H16BrNO3/c1-18-8-9-4-5-15(7-9)12-3-2-10(14)6-11(12)13(16)17/h2-3,6,9H,4-5,7-8H2,1H3,(H,16,17). The van der Waals surface area contributed by atoms with E-state index in [4.69, 9.17) is 4.74 Å². The summed E-state index contributed by atoms with van der Waals surface area (Å²) in [6, 6.07) is 5.40. The lowest BCUT2D eigenvalue weighted by molar-refractivity contribution is 0.0697. The number of benzene rings is 1. The summed E-state index contributed by atoms with van der Waals surface area (Å²) in [7, 11) is 1.70. The molecule has 1 aromatic rings. The molecule has 5 heteroatoms. The van der Waals surface area contributed by atoms with Crippen LogP contribution in [0.25, 0.3) is 0 Å². The SMILES string of the molecule is COCC1CCN(c2ccc(Br)cc2C(=O)O)C1. The fraction of sp³-hybridized carbons (Fsp3) is 0.462. The first-order valence-electron chi connectivity index (χ1n) is 5.88. The summed E-state index contributed by atoms with van der Waals surface area (Å²) < 4.78 is 5.94. The maximum atomic E-state index is 11.3. The molecule has 1 N–H and O–H groups in total. The third kappa shape index (κ3) is 2.84. The first-order chi connectivity index (χ1) is 8.61. The van der Waals surface area contributed by atoms with Crippen molar-refractivity contribution in [2.45, 2.75) is 6.42 Å². The summed E-state index contributed by atoms with van der Waals surface area (Å²) in [5, 5.41) is 9.25. The lowest BCUT2D eigenvalue weighted by atomic mass is 10.1. The minimum absolute atomic E-state index is 0.349. The van der Waals surface area contributed by atoms with Crippen molar-refractivity contribution in [1.82, 2.24) is 0 Å². The smallest absolute Gasteiger partial charge is 0.337 e. The average Bonchev–Trinajstić information content (AvgIpc) is 2.78. The van der Waals surface area contributed by atoms with Crippen molar-refractivity contribution in [3.8, 4) is 0 Å². The third-order valence-electron chi connectivity index (χ3n) is 3.22. The summed E-state index contributed by atoms with van der Waals surface area (Å²) in [6.07, 6.45) is 1.04. The molecule has 1 atom stereocenters. The predicted octanol–water partition coefficient (Wildman–Crippen LogP) is 2.62. The van der Waals surface area contributed by atoms with Crippen LogP contribution in [0.2, 0.25) is 0 Å². The molecule has 2 rings (SSSR count). The normalized spacial score (nSPS) is 19.2. The van der Waals surface area contributed by atoms with Gasteiger partial charge in [-0.05, 0) is 24.6 Å². The molecule has 1 fully saturated rings.